The van der Waals surface area contributed by atoms with Crippen LogP contribution in [-0.4, -0.2) is 19.0 Å². The highest BCUT2D eigenvalue weighted by Crippen LogP contribution is 2.30. The fraction of sp³-hybridized carbons (Fsp3) is 0.857. The first-order chi connectivity index (χ1) is 7.83. The van der Waals surface area contributed by atoms with Gasteiger partial charge in [0, 0.05) is 19.3 Å². The van der Waals surface area contributed by atoms with Crippen molar-refractivity contribution in [3.05, 3.63) is 0 Å². The second-order valence-corrected chi connectivity index (χ2v) is 4.48. The lowest BCUT2D eigenvalue weighted by Gasteiger charge is -2.26. The van der Waals surface area contributed by atoms with E-state index in [2.05, 4.69) is 12.8 Å². The van der Waals surface area contributed by atoms with Crippen molar-refractivity contribution in [2.24, 2.45) is 0 Å². The molecule has 1 saturated heterocycles. The summed E-state index contributed by atoms with van der Waals surface area (Å²) in [6, 6.07) is 0. The fourth-order valence-corrected chi connectivity index (χ4v) is 2.27. The number of terminal acetylenes is 1. The first-order valence-corrected chi connectivity index (χ1v) is 6.54. The van der Waals surface area contributed by atoms with E-state index in [0.29, 0.717) is 0 Å². The van der Waals surface area contributed by atoms with Gasteiger partial charge >= 0.3 is 0 Å². The molecular weight excluding hydrogens is 200 g/mol. The summed E-state index contributed by atoms with van der Waals surface area (Å²) in [6.45, 7) is 3.70. The molecule has 92 valence electrons. The zero-order valence-electron chi connectivity index (χ0n) is 10.5. The average molecular weight is 224 g/mol. The van der Waals surface area contributed by atoms with Crippen LogP contribution in [-0.2, 0) is 9.47 Å². The van der Waals surface area contributed by atoms with Gasteiger partial charge < -0.3 is 9.47 Å². The van der Waals surface area contributed by atoms with Gasteiger partial charge in [-0.25, -0.2) is 0 Å². The third-order valence-electron chi connectivity index (χ3n) is 3.07. The molecule has 1 aliphatic rings. The highest BCUT2D eigenvalue weighted by Gasteiger charge is 2.34. The second-order valence-electron chi connectivity index (χ2n) is 4.48. The Bertz CT molecular complexity index is 211. The normalized spacial score (nSPS) is 18.5. The Morgan fingerprint density at radius 3 is 2.38 bits per heavy atom. The molecule has 0 radical (unpaired) electrons. The quantitative estimate of drug-likeness (QED) is 0.464. The van der Waals surface area contributed by atoms with Gasteiger partial charge in [0.1, 0.15) is 0 Å². The monoisotopic (exact) mass is 224 g/mol. The van der Waals surface area contributed by atoms with E-state index >= 15 is 0 Å². The molecule has 0 atom stereocenters. The minimum atomic E-state index is -0.249. The molecule has 0 aromatic heterocycles. The number of ether oxygens (including phenoxy) is 2. The Labute approximate surface area is 99.7 Å². The Hall–Kier alpha value is -0.520. The Kier molecular flexibility index (Phi) is 6.52. The first-order valence-electron chi connectivity index (χ1n) is 6.54. The Morgan fingerprint density at radius 2 is 1.75 bits per heavy atom. The van der Waals surface area contributed by atoms with Crippen molar-refractivity contribution in [3.63, 3.8) is 0 Å². The zero-order valence-corrected chi connectivity index (χ0v) is 10.5. The average Bonchev–Trinajstić information content (AvgIpc) is 2.73. The summed E-state index contributed by atoms with van der Waals surface area (Å²) in [6.07, 6.45) is 14.1. The van der Waals surface area contributed by atoms with Crippen LogP contribution in [0.4, 0.5) is 0 Å². The van der Waals surface area contributed by atoms with Gasteiger partial charge in [-0.3, -0.25) is 0 Å². The molecule has 0 aromatic rings. The van der Waals surface area contributed by atoms with Crippen LogP contribution in [0.1, 0.15) is 58.3 Å². The van der Waals surface area contributed by atoms with Crippen LogP contribution in [0, 0.1) is 12.3 Å². The van der Waals surface area contributed by atoms with E-state index in [1.165, 1.54) is 19.3 Å². The molecular formula is C14H24O2. The van der Waals surface area contributed by atoms with Crippen LogP contribution in [0.5, 0.6) is 0 Å². The third-order valence-corrected chi connectivity index (χ3v) is 3.07. The Balaban J connectivity index is 2.11. The molecule has 0 N–H and O–H groups in total. The van der Waals surface area contributed by atoms with Crippen LogP contribution < -0.4 is 0 Å². The molecule has 1 heterocycles. The van der Waals surface area contributed by atoms with Gasteiger partial charge in [0.25, 0.3) is 0 Å². The first kappa shape index (κ1) is 13.5. The Morgan fingerprint density at radius 1 is 1.06 bits per heavy atom. The maximum absolute atomic E-state index is 5.75. The minimum Gasteiger partial charge on any atom is -0.348 e. The molecule has 1 fully saturated rings. The largest absolute Gasteiger partial charge is 0.348 e. The molecule has 0 aromatic carbocycles. The van der Waals surface area contributed by atoms with Crippen LogP contribution in [0.15, 0.2) is 0 Å². The highest BCUT2D eigenvalue weighted by atomic mass is 16.7. The lowest BCUT2D eigenvalue weighted by molar-refractivity contribution is -0.167. The molecule has 1 rings (SSSR count). The lowest BCUT2D eigenvalue weighted by Crippen LogP contribution is -2.29. The fourth-order valence-electron chi connectivity index (χ4n) is 2.27. The van der Waals surface area contributed by atoms with E-state index in [-0.39, 0.29) is 5.79 Å². The van der Waals surface area contributed by atoms with Crippen LogP contribution >= 0.6 is 0 Å². The molecule has 1 aliphatic heterocycles. The van der Waals surface area contributed by atoms with Gasteiger partial charge in [-0.15, -0.1) is 12.3 Å². The summed E-state index contributed by atoms with van der Waals surface area (Å²) in [5.41, 5.74) is 0. The maximum atomic E-state index is 5.75. The zero-order chi connectivity index (χ0) is 11.7. The minimum absolute atomic E-state index is 0.249. The summed E-state index contributed by atoms with van der Waals surface area (Å²) < 4.78 is 11.5. The standard InChI is InChI=1S/C14H24O2/c1-3-5-6-7-8-9-11-14(10-4-2)15-12-13-16-14/h1H,4-13H2,2H3. The maximum Gasteiger partial charge on any atom is 0.168 e. The number of unbranched alkanes of at least 4 members (excludes halogenated alkanes) is 4. The molecule has 0 aliphatic carbocycles. The van der Waals surface area contributed by atoms with Gasteiger partial charge in [0.15, 0.2) is 5.79 Å². The summed E-state index contributed by atoms with van der Waals surface area (Å²) in [7, 11) is 0. The molecule has 0 bridgehead atoms. The summed E-state index contributed by atoms with van der Waals surface area (Å²) in [5.74, 6) is 2.43. The van der Waals surface area contributed by atoms with E-state index in [1.807, 2.05) is 0 Å². The SMILES string of the molecule is C#CCCCCCCC1(CCC)OCCO1. The van der Waals surface area contributed by atoms with Gasteiger partial charge in [-0.2, -0.15) is 0 Å². The molecule has 2 nitrogen and oxygen atoms in total. The summed E-state index contributed by atoms with van der Waals surface area (Å²) in [5, 5.41) is 0. The molecule has 0 unspecified atom stereocenters. The van der Waals surface area contributed by atoms with E-state index < -0.39 is 0 Å². The predicted molar refractivity (Wildman–Crippen MR) is 66.1 cm³/mol. The van der Waals surface area contributed by atoms with Crippen LogP contribution in [0.25, 0.3) is 0 Å². The summed E-state index contributed by atoms with van der Waals surface area (Å²) in [4.78, 5) is 0. The van der Waals surface area contributed by atoms with Crippen molar-refractivity contribution in [1.29, 1.82) is 0 Å². The van der Waals surface area contributed by atoms with Crippen molar-refractivity contribution >= 4 is 0 Å². The van der Waals surface area contributed by atoms with E-state index in [0.717, 1.165) is 45.3 Å². The molecule has 16 heavy (non-hydrogen) atoms. The second kappa shape index (κ2) is 7.70. The van der Waals surface area contributed by atoms with Crippen LogP contribution in [0.3, 0.4) is 0 Å². The van der Waals surface area contributed by atoms with Crippen LogP contribution in [0.2, 0.25) is 0 Å². The van der Waals surface area contributed by atoms with Gasteiger partial charge in [0.2, 0.25) is 0 Å². The number of rotatable bonds is 8. The highest BCUT2D eigenvalue weighted by molar-refractivity contribution is 4.82. The molecule has 0 amide bonds. The van der Waals surface area contributed by atoms with Crippen molar-refractivity contribution < 1.29 is 9.47 Å². The van der Waals surface area contributed by atoms with Crippen molar-refractivity contribution in [1.82, 2.24) is 0 Å². The molecule has 0 spiro atoms. The van der Waals surface area contributed by atoms with Crippen molar-refractivity contribution in [2.75, 3.05) is 13.2 Å². The number of hydrogen-bond acceptors (Lipinski definition) is 2. The van der Waals surface area contributed by atoms with Gasteiger partial charge in [-0.05, 0) is 12.8 Å². The van der Waals surface area contributed by atoms with E-state index in [4.69, 9.17) is 15.9 Å². The topological polar surface area (TPSA) is 18.5 Å². The van der Waals surface area contributed by atoms with E-state index in [9.17, 15) is 0 Å². The summed E-state index contributed by atoms with van der Waals surface area (Å²) >= 11 is 0. The molecule has 2 heteroatoms. The smallest absolute Gasteiger partial charge is 0.168 e. The third kappa shape index (κ3) is 4.55. The van der Waals surface area contributed by atoms with Gasteiger partial charge in [0.05, 0.1) is 13.2 Å². The molecule has 0 saturated carbocycles. The van der Waals surface area contributed by atoms with Gasteiger partial charge in [-0.1, -0.05) is 26.2 Å². The van der Waals surface area contributed by atoms with E-state index in [1.54, 1.807) is 0 Å². The predicted octanol–water partition coefficient (Wildman–Crippen LogP) is 3.50. The number of hydrogen-bond donors (Lipinski definition) is 0. The van der Waals surface area contributed by atoms with Crippen molar-refractivity contribution in [3.8, 4) is 12.3 Å². The van der Waals surface area contributed by atoms with Crippen molar-refractivity contribution in [2.45, 2.75) is 64.1 Å². The lowest BCUT2D eigenvalue weighted by atomic mass is 10.0.